The van der Waals surface area contributed by atoms with Crippen molar-refractivity contribution in [2.45, 2.75) is 32.6 Å². The van der Waals surface area contributed by atoms with Gasteiger partial charge in [-0.15, -0.1) is 0 Å². The molecule has 1 nitrogen and oxygen atoms in total. The van der Waals surface area contributed by atoms with Crippen molar-refractivity contribution in [3.63, 3.8) is 0 Å². The fraction of sp³-hybridized carbons (Fsp3) is 0.545. The van der Waals surface area contributed by atoms with E-state index in [1.165, 1.54) is 24.1 Å². The number of nitrogens with zero attached hydrogens (tertiary/aromatic N) is 1. The van der Waals surface area contributed by atoms with E-state index < -0.39 is 0 Å². The first kappa shape index (κ1) is 7.78. The minimum atomic E-state index is 0.672. The van der Waals surface area contributed by atoms with Crippen molar-refractivity contribution in [2.75, 3.05) is 0 Å². The van der Waals surface area contributed by atoms with Gasteiger partial charge in [0.1, 0.15) is 0 Å². The molecule has 0 N–H and O–H groups in total. The molecule has 0 amide bonds. The van der Waals surface area contributed by atoms with Crippen LogP contribution in [0.1, 0.15) is 37.4 Å². The van der Waals surface area contributed by atoms with Crippen molar-refractivity contribution in [3.05, 3.63) is 29.6 Å². The summed E-state index contributed by atoms with van der Waals surface area (Å²) in [5.41, 5.74) is 2.81. The Morgan fingerprint density at radius 1 is 1.58 bits per heavy atom. The second-order valence-electron chi connectivity index (χ2n) is 3.71. The number of hydrogen-bond donors (Lipinski definition) is 0. The number of rotatable bonds is 1. The molecule has 1 aromatic heterocycles. The lowest BCUT2D eigenvalue weighted by atomic mass is 9.94. The lowest BCUT2D eigenvalue weighted by Gasteiger charge is -2.11. The number of pyridine rings is 1. The molecule has 1 aliphatic carbocycles. The van der Waals surface area contributed by atoms with Crippen LogP contribution in [-0.2, 0) is 6.42 Å². The second-order valence-corrected chi connectivity index (χ2v) is 3.71. The normalized spacial score (nSPS) is 27.2. The van der Waals surface area contributed by atoms with Gasteiger partial charge in [-0.3, -0.25) is 4.98 Å². The van der Waals surface area contributed by atoms with E-state index in [4.69, 9.17) is 0 Å². The predicted molar refractivity (Wildman–Crippen MR) is 50.1 cm³/mol. The first-order valence-corrected chi connectivity index (χ1v) is 4.76. The third kappa shape index (κ3) is 1.04. The van der Waals surface area contributed by atoms with Gasteiger partial charge in [-0.05, 0) is 24.0 Å². The smallest absolute Gasteiger partial charge is 0.0466 e. The molecule has 2 unspecified atom stereocenters. The van der Waals surface area contributed by atoms with Crippen molar-refractivity contribution < 1.29 is 0 Å². The Kier molecular flexibility index (Phi) is 1.87. The summed E-state index contributed by atoms with van der Waals surface area (Å²) in [6.45, 7) is 4.57. The van der Waals surface area contributed by atoms with Gasteiger partial charge in [0.2, 0.25) is 0 Å². The monoisotopic (exact) mass is 161 g/mol. The predicted octanol–water partition coefficient (Wildman–Crippen LogP) is 2.77. The molecule has 0 aliphatic heterocycles. The molecule has 0 spiro atoms. The summed E-state index contributed by atoms with van der Waals surface area (Å²) in [4.78, 5) is 4.44. The molecule has 2 atom stereocenters. The fourth-order valence-electron chi connectivity index (χ4n) is 2.21. The topological polar surface area (TPSA) is 12.9 Å². The Bertz CT molecular complexity index is 280. The first-order chi connectivity index (χ1) is 5.83. The second kappa shape index (κ2) is 2.89. The van der Waals surface area contributed by atoms with Crippen molar-refractivity contribution in [1.29, 1.82) is 0 Å². The summed E-state index contributed by atoms with van der Waals surface area (Å²) in [6.07, 6.45) is 4.42. The zero-order valence-electron chi connectivity index (χ0n) is 7.75. The van der Waals surface area contributed by atoms with E-state index in [-0.39, 0.29) is 0 Å². The Morgan fingerprint density at radius 3 is 3.08 bits per heavy atom. The summed E-state index contributed by atoms with van der Waals surface area (Å²) >= 11 is 0. The Hall–Kier alpha value is -0.850. The van der Waals surface area contributed by atoms with Gasteiger partial charge in [0, 0.05) is 17.8 Å². The summed E-state index contributed by atoms with van der Waals surface area (Å²) in [7, 11) is 0. The number of fused-ring (bicyclic) bond motifs is 1. The van der Waals surface area contributed by atoms with E-state index in [9.17, 15) is 0 Å². The van der Waals surface area contributed by atoms with Gasteiger partial charge in [-0.2, -0.15) is 0 Å². The van der Waals surface area contributed by atoms with Crippen molar-refractivity contribution in [3.8, 4) is 0 Å². The van der Waals surface area contributed by atoms with Crippen LogP contribution in [-0.4, -0.2) is 4.98 Å². The van der Waals surface area contributed by atoms with Crippen LogP contribution >= 0.6 is 0 Å². The zero-order chi connectivity index (χ0) is 8.55. The summed E-state index contributed by atoms with van der Waals surface area (Å²) in [5.74, 6) is 1.50. The summed E-state index contributed by atoms with van der Waals surface area (Å²) in [5, 5.41) is 0. The number of aromatic nitrogens is 1. The molecule has 1 heteroatoms. The average molecular weight is 161 g/mol. The molecule has 0 saturated carbocycles. The van der Waals surface area contributed by atoms with Crippen LogP contribution in [0.5, 0.6) is 0 Å². The molecule has 1 aromatic rings. The molecule has 0 radical (unpaired) electrons. The Labute approximate surface area is 73.8 Å². The van der Waals surface area contributed by atoms with Crippen LogP contribution in [0.3, 0.4) is 0 Å². The third-order valence-electron chi connectivity index (χ3n) is 3.07. The van der Waals surface area contributed by atoms with Gasteiger partial charge < -0.3 is 0 Å². The van der Waals surface area contributed by atoms with E-state index in [2.05, 4.69) is 24.9 Å². The molecule has 0 fully saturated rings. The molecule has 1 aliphatic rings. The molecular formula is C11H15N. The quantitative estimate of drug-likeness (QED) is 0.617. The third-order valence-corrected chi connectivity index (χ3v) is 3.07. The minimum absolute atomic E-state index is 0.672. The molecule has 2 rings (SSSR count). The van der Waals surface area contributed by atoms with Gasteiger partial charge in [0.15, 0.2) is 0 Å². The highest BCUT2D eigenvalue weighted by molar-refractivity contribution is 5.29. The first-order valence-electron chi connectivity index (χ1n) is 4.76. The van der Waals surface area contributed by atoms with E-state index in [0.29, 0.717) is 5.92 Å². The fourth-order valence-corrected chi connectivity index (χ4v) is 2.21. The van der Waals surface area contributed by atoms with E-state index in [1.807, 2.05) is 12.3 Å². The highest BCUT2D eigenvalue weighted by atomic mass is 14.7. The van der Waals surface area contributed by atoms with E-state index in [1.54, 1.807) is 0 Å². The standard InChI is InChI=1S/C11H15N/c1-3-9-7-10-5-4-6-12-11(10)8(9)2/h4-6,8-9H,3,7H2,1-2H3. The summed E-state index contributed by atoms with van der Waals surface area (Å²) < 4.78 is 0. The molecule has 0 saturated heterocycles. The van der Waals surface area contributed by atoms with Crippen LogP contribution in [0.2, 0.25) is 0 Å². The average Bonchev–Trinajstić information content (AvgIpc) is 2.44. The van der Waals surface area contributed by atoms with Crippen molar-refractivity contribution in [2.24, 2.45) is 5.92 Å². The lowest BCUT2D eigenvalue weighted by Crippen LogP contribution is -2.02. The lowest BCUT2D eigenvalue weighted by molar-refractivity contribution is 0.463. The van der Waals surface area contributed by atoms with Crippen LogP contribution in [0.4, 0.5) is 0 Å². The number of hydrogen-bond acceptors (Lipinski definition) is 1. The molecule has 1 heterocycles. The van der Waals surface area contributed by atoms with Gasteiger partial charge in [-0.25, -0.2) is 0 Å². The van der Waals surface area contributed by atoms with Gasteiger partial charge >= 0.3 is 0 Å². The Balaban J connectivity index is 2.35. The highest BCUT2D eigenvalue weighted by Crippen LogP contribution is 2.37. The van der Waals surface area contributed by atoms with Gasteiger partial charge in [0.05, 0.1) is 0 Å². The maximum Gasteiger partial charge on any atom is 0.0466 e. The van der Waals surface area contributed by atoms with Crippen molar-refractivity contribution >= 4 is 0 Å². The van der Waals surface area contributed by atoms with Gasteiger partial charge in [-0.1, -0.05) is 26.3 Å². The van der Waals surface area contributed by atoms with Gasteiger partial charge in [0.25, 0.3) is 0 Å². The highest BCUT2D eigenvalue weighted by Gasteiger charge is 2.28. The SMILES string of the molecule is CCC1Cc2cccnc2C1C. The van der Waals surface area contributed by atoms with Crippen molar-refractivity contribution in [1.82, 2.24) is 4.98 Å². The van der Waals surface area contributed by atoms with E-state index >= 15 is 0 Å². The molecule has 64 valence electrons. The maximum atomic E-state index is 4.44. The van der Waals surface area contributed by atoms with E-state index in [0.717, 1.165) is 5.92 Å². The maximum absolute atomic E-state index is 4.44. The minimum Gasteiger partial charge on any atom is -0.261 e. The molecule has 0 bridgehead atoms. The zero-order valence-corrected chi connectivity index (χ0v) is 7.75. The molecule has 0 aromatic carbocycles. The van der Waals surface area contributed by atoms with Crippen LogP contribution in [0.15, 0.2) is 18.3 Å². The summed E-state index contributed by atoms with van der Waals surface area (Å²) in [6, 6.07) is 4.26. The van der Waals surface area contributed by atoms with Crippen LogP contribution in [0.25, 0.3) is 0 Å². The van der Waals surface area contributed by atoms with Crippen LogP contribution < -0.4 is 0 Å². The molecular weight excluding hydrogens is 146 g/mol. The Morgan fingerprint density at radius 2 is 2.42 bits per heavy atom. The molecule has 12 heavy (non-hydrogen) atoms. The van der Waals surface area contributed by atoms with Crippen LogP contribution in [0, 0.1) is 5.92 Å². The largest absolute Gasteiger partial charge is 0.261 e.